The number of hydrogen-bond donors (Lipinski definition) is 5. The summed E-state index contributed by atoms with van der Waals surface area (Å²) in [7, 11) is 7.34. The molecule has 18 atom stereocenters. The Hall–Kier alpha value is -1.54. The van der Waals surface area contributed by atoms with E-state index in [-0.39, 0.29) is 49.2 Å². The van der Waals surface area contributed by atoms with E-state index in [0.717, 1.165) is 0 Å². The number of methoxy groups -OCH3 is 1. The number of hydrogen-bond acceptors (Lipinski definition) is 15. The predicted molar refractivity (Wildman–Crippen MR) is 235 cm³/mol. The molecule has 0 aliphatic carbocycles. The Bertz CT molecular complexity index is 1390. The third-order valence-electron chi connectivity index (χ3n) is 13.7. The van der Waals surface area contributed by atoms with Gasteiger partial charge in [0.05, 0.1) is 41.5 Å². The number of amides is 1. The fraction of sp³-hybridized carbons (Fsp3) is 0.957. The molecule has 0 aromatic heterocycles. The molecule has 3 rings (SSSR count). The lowest BCUT2D eigenvalue weighted by molar-refractivity contribution is -0.321. The van der Waals surface area contributed by atoms with E-state index in [1.54, 1.807) is 34.6 Å². The lowest BCUT2D eigenvalue weighted by Gasteiger charge is -2.49. The van der Waals surface area contributed by atoms with Crippen molar-refractivity contribution in [2.24, 2.45) is 23.7 Å². The number of esters is 1. The highest BCUT2D eigenvalue weighted by Gasteiger charge is 2.53. The first-order valence-corrected chi connectivity index (χ1v) is 23.1. The Morgan fingerprint density at radius 3 is 2.21 bits per heavy atom. The second-order valence-electron chi connectivity index (χ2n) is 20.3. The topological polar surface area (TPSA) is 198 Å². The number of carbonyl (C=O) groups is 2. The van der Waals surface area contributed by atoms with Crippen molar-refractivity contribution < 1.29 is 63.2 Å². The van der Waals surface area contributed by atoms with Crippen LogP contribution in [0, 0.1) is 23.7 Å². The Balaban J connectivity index is 2.15. The molecule has 16 nitrogen and oxygen atoms in total. The standard InChI is InChI=1S/C46H87N3O13/c1-17-34-46(12,55)39(51)31(8)49(15)25-27(4)23-44(10,54)41(29(6)37(30(7)42(53)60-34)61-36-24-45(11,56-16)40(52)32(9)59-36)62-43-38(33(48(13)14)22-28(5)58-43)57-20-18-19-47-35(50)21-26(2)3/h26-34,36-41,43,51-52,54-55H,17-25H2,1-16H3,(H,47,50)/t27-,28-,29+,30?,31-,32+,33+,34-,36+,37+,38-,39-,40+,41-,43+,44?,45-,46-/m1/s1. The summed E-state index contributed by atoms with van der Waals surface area (Å²) in [5, 5.41) is 50.4. The number of ether oxygens (including phenoxy) is 7. The zero-order valence-electron chi connectivity index (χ0n) is 41.0. The van der Waals surface area contributed by atoms with Crippen LogP contribution in [0.15, 0.2) is 0 Å². The molecular weight excluding hydrogens is 803 g/mol. The van der Waals surface area contributed by atoms with Gasteiger partial charge in [-0.1, -0.05) is 34.6 Å². The quantitative estimate of drug-likeness (QED) is 0.126. The van der Waals surface area contributed by atoms with Crippen LogP contribution in [0.1, 0.15) is 122 Å². The highest BCUT2D eigenvalue weighted by atomic mass is 16.7. The fourth-order valence-corrected chi connectivity index (χ4v) is 9.87. The third-order valence-corrected chi connectivity index (χ3v) is 13.7. The molecular formula is C46H87N3O13. The molecule has 5 N–H and O–H groups in total. The summed E-state index contributed by atoms with van der Waals surface area (Å²) < 4.78 is 45.3. The molecule has 0 aromatic carbocycles. The van der Waals surface area contributed by atoms with Gasteiger partial charge in [-0.3, -0.25) is 9.59 Å². The molecule has 3 aliphatic rings. The van der Waals surface area contributed by atoms with Gasteiger partial charge in [0.1, 0.15) is 30.0 Å². The lowest BCUT2D eigenvalue weighted by Crippen LogP contribution is -2.61. The van der Waals surface area contributed by atoms with Crippen molar-refractivity contribution in [2.45, 2.75) is 212 Å². The summed E-state index contributed by atoms with van der Waals surface area (Å²) >= 11 is 0. The van der Waals surface area contributed by atoms with Gasteiger partial charge in [-0.2, -0.15) is 0 Å². The molecule has 3 heterocycles. The molecule has 3 aliphatic heterocycles. The maximum atomic E-state index is 14.5. The average molecular weight is 890 g/mol. The molecule has 2 unspecified atom stereocenters. The van der Waals surface area contributed by atoms with E-state index in [1.165, 1.54) is 14.0 Å². The van der Waals surface area contributed by atoms with Gasteiger partial charge in [-0.15, -0.1) is 0 Å². The minimum atomic E-state index is -1.81. The highest BCUT2D eigenvalue weighted by molar-refractivity contribution is 5.76. The lowest BCUT2D eigenvalue weighted by atomic mass is 9.77. The first-order valence-electron chi connectivity index (χ1n) is 23.1. The zero-order valence-corrected chi connectivity index (χ0v) is 41.0. The highest BCUT2D eigenvalue weighted by Crippen LogP contribution is 2.40. The van der Waals surface area contributed by atoms with Gasteiger partial charge in [0.15, 0.2) is 12.6 Å². The van der Waals surface area contributed by atoms with Crippen LogP contribution in [0.25, 0.3) is 0 Å². The van der Waals surface area contributed by atoms with Gasteiger partial charge in [-0.05, 0) is 107 Å². The summed E-state index contributed by atoms with van der Waals surface area (Å²) in [6.07, 6.45) is -6.55. The van der Waals surface area contributed by atoms with Crippen LogP contribution in [0.3, 0.4) is 0 Å². The van der Waals surface area contributed by atoms with Crippen molar-refractivity contribution >= 4 is 11.9 Å². The van der Waals surface area contributed by atoms with Gasteiger partial charge in [0.2, 0.25) is 5.91 Å². The van der Waals surface area contributed by atoms with Gasteiger partial charge in [-0.25, -0.2) is 0 Å². The van der Waals surface area contributed by atoms with Crippen LogP contribution in [0.5, 0.6) is 0 Å². The summed E-state index contributed by atoms with van der Waals surface area (Å²) in [6.45, 7) is 23.1. The average Bonchev–Trinajstić information content (AvgIpc) is 3.17. The number of nitrogens with zero attached hydrogens (tertiary/aromatic N) is 2. The van der Waals surface area contributed by atoms with E-state index in [4.69, 9.17) is 33.2 Å². The molecule has 364 valence electrons. The number of carbonyl (C=O) groups excluding carboxylic acids is 2. The Morgan fingerprint density at radius 1 is 0.984 bits per heavy atom. The van der Waals surface area contributed by atoms with E-state index in [9.17, 15) is 30.0 Å². The fourth-order valence-electron chi connectivity index (χ4n) is 9.87. The summed E-state index contributed by atoms with van der Waals surface area (Å²) in [4.78, 5) is 30.8. The van der Waals surface area contributed by atoms with E-state index in [0.29, 0.717) is 39.0 Å². The maximum Gasteiger partial charge on any atom is 0.311 e. The van der Waals surface area contributed by atoms with E-state index < -0.39 is 96.0 Å². The SMILES string of the molecule is CC[C@H]1OC(=O)C(C)[C@@H](O[C@H]2C[C@@](C)(OC)[C@@H](O)[C@H](C)O2)[C@H](C)[C@@H](O[C@@H]2O[C@H](C)C[C@H](N(C)C)[C@H]2OCCCNC(=O)CC(C)C)C(C)(O)C[C@@H](C)CN(C)[C@H](C)[C@@H](O)[C@]1(C)O. The van der Waals surface area contributed by atoms with Crippen LogP contribution in [0.2, 0.25) is 0 Å². The normalized spacial score (nSPS) is 43.5. The van der Waals surface area contributed by atoms with Crippen molar-refractivity contribution in [1.82, 2.24) is 15.1 Å². The number of likely N-dealkylation sites (N-methyl/N-ethyl adjacent to an activating group) is 2. The second kappa shape index (κ2) is 23.3. The first kappa shape index (κ1) is 54.8. The summed E-state index contributed by atoms with van der Waals surface area (Å²) in [5.74, 6) is -2.35. The van der Waals surface area contributed by atoms with Crippen molar-refractivity contribution in [3.63, 3.8) is 0 Å². The van der Waals surface area contributed by atoms with Crippen LogP contribution in [0.4, 0.5) is 0 Å². The molecule has 1 amide bonds. The molecule has 3 saturated heterocycles. The molecule has 0 radical (unpaired) electrons. The monoisotopic (exact) mass is 890 g/mol. The molecule has 0 spiro atoms. The van der Waals surface area contributed by atoms with Gasteiger partial charge >= 0.3 is 5.97 Å². The van der Waals surface area contributed by atoms with E-state index >= 15 is 0 Å². The Kier molecular flexibility index (Phi) is 20.6. The summed E-state index contributed by atoms with van der Waals surface area (Å²) in [5.41, 5.74) is -4.41. The Labute approximate surface area is 373 Å². The number of cyclic esters (lactones) is 1. The van der Waals surface area contributed by atoms with Gasteiger partial charge < -0.3 is 68.7 Å². The molecule has 3 fully saturated rings. The van der Waals surface area contributed by atoms with Crippen molar-refractivity contribution in [1.29, 1.82) is 0 Å². The van der Waals surface area contributed by atoms with E-state index in [2.05, 4.69) is 10.2 Å². The maximum absolute atomic E-state index is 14.5. The van der Waals surface area contributed by atoms with Crippen LogP contribution < -0.4 is 5.32 Å². The number of aliphatic hydroxyl groups is 4. The predicted octanol–water partition coefficient (Wildman–Crippen LogP) is 3.48. The minimum Gasteiger partial charge on any atom is -0.459 e. The number of aliphatic hydroxyl groups excluding tert-OH is 2. The van der Waals surface area contributed by atoms with Crippen LogP contribution in [-0.4, -0.2) is 180 Å². The van der Waals surface area contributed by atoms with Gasteiger partial charge in [0, 0.05) is 57.6 Å². The smallest absolute Gasteiger partial charge is 0.311 e. The van der Waals surface area contributed by atoms with Crippen molar-refractivity contribution in [2.75, 3.05) is 47.9 Å². The molecule has 0 saturated carbocycles. The van der Waals surface area contributed by atoms with Crippen LogP contribution in [-0.2, 0) is 42.7 Å². The number of nitrogens with one attached hydrogen (secondary N) is 1. The molecule has 0 bridgehead atoms. The largest absolute Gasteiger partial charge is 0.459 e. The number of rotatable bonds is 14. The molecule has 0 aromatic rings. The summed E-state index contributed by atoms with van der Waals surface area (Å²) in [6, 6.07) is -0.676. The first-order chi connectivity index (χ1) is 28.7. The van der Waals surface area contributed by atoms with Crippen molar-refractivity contribution in [3.05, 3.63) is 0 Å². The third kappa shape index (κ3) is 14.0. The molecule has 62 heavy (non-hydrogen) atoms. The zero-order chi connectivity index (χ0) is 47.1. The Morgan fingerprint density at radius 2 is 1.63 bits per heavy atom. The van der Waals surface area contributed by atoms with Gasteiger partial charge in [0.25, 0.3) is 0 Å². The molecule has 16 heteroatoms. The van der Waals surface area contributed by atoms with Crippen LogP contribution >= 0.6 is 0 Å². The second-order valence-corrected chi connectivity index (χ2v) is 20.3. The minimum absolute atomic E-state index is 0.00415. The van der Waals surface area contributed by atoms with Crippen molar-refractivity contribution in [3.8, 4) is 0 Å². The van der Waals surface area contributed by atoms with E-state index in [1.807, 2.05) is 67.6 Å².